The quantitative estimate of drug-likeness (QED) is 0.489. The molecule has 1 aliphatic heterocycles. The second kappa shape index (κ2) is 11.3. The van der Waals surface area contributed by atoms with Crippen molar-refractivity contribution in [2.45, 2.75) is 70.5 Å². The summed E-state index contributed by atoms with van der Waals surface area (Å²) < 4.78 is 46.7. The number of alkyl halides is 2. The van der Waals surface area contributed by atoms with Gasteiger partial charge in [0.2, 0.25) is 5.91 Å². The first-order chi connectivity index (χ1) is 17.9. The average Bonchev–Trinajstić information content (AvgIpc) is 3.63. The number of aromatic nitrogens is 2. The molecule has 1 amide bonds. The van der Waals surface area contributed by atoms with Gasteiger partial charge in [-0.25, -0.2) is 23.1 Å². The van der Waals surface area contributed by atoms with Gasteiger partial charge in [0.1, 0.15) is 17.5 Å². The Morgan fingerprint density at radius 1 is 1.16 bits per heavy atom. The summed E-state index contributed by atoms with van der Waals surface area (Å²) in [6.07, 6.45) is 2.11. The Morgan fingerprint density at radius 2 is 1.92 bits per heavy atom. The third-order valence-electron chi connectivity index (χ3n) is 7.48. The lowest BCUT2D eigenvalue weighted by Crippen LogP contribution is -2.40. The predicted molar refractivity (Wildman–Crippen MR) is 133 cm³/mol. The largest absolute Gasteiger partial charge is 0.378 e. The molecular formula is C27H34F3N5O2. The van der Waals surface area contributed by atoms with Crippen LogP contribution in [0.5, 0.6) is 0 Å². The van der Waals surface area contributed by atoms with Crippen molar-refractivity contribution in [3.8, 4) is 0 Å². The summed E-state index contributed by atoms with van der Waals surface area (Å²) in [6, 6.07) is 4.02. The average molecular weight is 518 g/mol. The number of hydrogen-bond donors (Lipinski definition) is 2. The van der Waals surface area contributed by atoms with E-state index in [0.717, 1.165) is 49.4 Å². The highest BCUT2D eigenvalue weighted by Gasteiger charge is 2.30. The fourth-order valence-electron chi connectivity index (χ4n) is 5.18. The van der Waals surface area contributed by atoms with E-state index in [9.17, 15) is 18.0 Å². The molecular weight excluding hydrogens is 483 g/mol. The minimum absolute atomic E-state index is 0.154. The zero-order chi connectivity index (χ0) is 25.9. The molecule has 7 nitrogen and oxygen atoms in total. The number of benzene rings is 1. The molecule has 1 saturated heterocycles. The number of rotatable bonds is 10. The fourth-order valence-corrected chi connectivity index (χ4v) is 5.18. The first-order valence-corrected chi connectivity index (χ1v) is 13.2. The molecule has 2 aliphatic carbocycles. The number of morpholine rings is 1. The summed E-state index contributed by atoms with van der Waals surface area (Å²) in [5, 5.41) is 6.73. The van der Waals surface area contributed by atoms with Gasteiger partial charge in [-0.05, 0) is 44.9 Å². The summed E-state index contributed by atoms with van der Waals surface area (Å²) in [5.74, 6) is 0.802. The van der Waals surface area contributed by atoms with Crippen LogP contribution in [0.15, 0.2) is 18.2 Å². The summed E-state index contributed by atoms with van der Waals surface area (Å²) in [7, 11) is 0. The van der Waals surface area contributed by atoms with Crippen molar-refractivity contribution < 1.29 is 22.7 Å². The molecule has 0 bridgehead atoms. The molecule has 2 fully saturated rings. The van der Waals surface area contributed by atoms with Crippen LogP contribution >= 0.6 is 0 Å². The van der Waals surface area contributed by atoms with Gasteiger partial charge in [0.05, 0.1) is 31.4 Å². The second-order valence-corrected chi connectivity index (χ2v) is 10.3. The Balaban J connectivity index is 1.31. The molecule has 5 rings (SSSR count). The van der Waals surface area contributed by atoms with Crippen LogP contribution in [0.2, 0.25) is 0 Å². The summed E-state index contributed by atoms with van der Waals surface area (Å²) >= 11 is 0. The van der Waals surface area contributed by atoms with Crippen molar-refractivity contribution in [1.82, 2.24) is 20.2 Å². The zero-order valence-corrected chi connectivity index (χ0v) is 21.1. The second-order valence-electron chi connectivity index (χ2n) is 10.3. The van der Waals surface area contributed by atoms with Crippen molar-refractivity contribution in [2.24, 2.45) is 5.92 Å². The van der Waals surface area contributed by atoms with Crippen molar-refractivity contribution in [3.05, 3.63) is 52.2 Å². The fraction of sp³-hybridized carbons (Fsp3) is 0.593. The maximum atomic E-state index is 14.8. The van der Waals surface area contributed by atoms with E-state index in [1.165, 1.54) is 12.1 Å². The highest BCUT2D eigenvalue weighted by molar-refractivity contribution is 5.76. The van der Waals surface area contributed by atoms with E-state index in [1.807, 2.05) is 4.90 Å². The number of nitrogens with one attached hydrogen (secondary N) is 2. The van der Waals surface area contributed by atoms with Gasteiger partial charge in [0, 0.05) is 42.4 Å². The summed E-state index contributed by atoms with van der Waals surface area (Å²) in [4.78, 5) is 24.1. The third-order valence-corrected chi connectivity index (χ3v) is 7.48. The number of nitrogens with zero attached hydrogens (tertiary/aromatic N) is 3. The van der Waals surface area contributed by atoms with Gasteiger partial charge in [0.25, 0.3) is 6.43 Å². The maximum Gasteiger partial charge on any atom is 0.266 e. The summed E-state index contributed by atoms with van der Waals surface area (Å²) in [6.45, 7) is 4.74. The highest BCUT2D eigenvalue weighted by atomic mass is 19.3. The zero-order valence-electron chi connectivity index (χ0n) is 21.1. The van der Waals surface area contributed by atoms with Crippen LogP contribution in [0.1, 0.15) is 73.3 Å². The van der Waals surface area contributed by atoms with E-state index in [2.05, 4.69) is 10.6 Å². The number of halogens is 3. The number of amides is 1. The normalized spacial score (nSPS) is 20.2. The van der Waals surface area contributed by atoms with Crippen LogP contribution in [0, 0.1) is 11.7 Å². The molecule has 1 unspecified atom stereocenters. The number of fused-ring (bicyclic) bond motifs is 1. The van der Waals surface area contributed by atoms with E-state index in [1.54, 1.807) is 6.92 Å². The van der Waals surface area contributed by atoms with Crippen molar-refractivity contribution >= 4 is 11.7 Å². The number of carbonyl (C=O) groups excluding carboxylic acids is 1. The molecule has 0 spiro atoms. The highest BCUT2D eigenvalue weighted by Crippen LogP contribution is 2.35. The molecule has 2 aromatic rings. The molecule has 200 valence electrons. The van der Waals surface area contributed by atoms with E-state index < -0.39 is 23.8 Å². The maximum absolute atomic E-state index is 14.8. The number of ether oxygens (including phenoxy) is 1. The van der Waals surface area contributed by atoms with Crippen LogP contribution in [0.25, 0.3) is 0 Å². The molecule has 2 atom stereocenters. The Labute approximate surface area is 215 Å². The molecule has 3 aliphatic rings. The Bertz CT molecular complexity index is 1120. The van der Waals surface area contributed by atoms with Crippen LogP contribution in [0.3, 0.4) is 0 Å². The predicted octanol–water partition coefficient (Wildman–Crippen LogP) is 4.33. The first-order valence-electron chi connectivity index (χ1n) is 13.2. The molecule has 0 radical (unpaired) electrons. The molecule has 10 heteroatoms. The minimum atomic E-state index is -2.88. The lowest BCUT2D eigenvalue weighted by Gasteiger charge is -2.27. The monoisotopic (exact) mass is 517 g/mol. The van der Waals surface area contributed by atoms with Gasteiger partial charge in [-0.2, -0.15) is 0 Å². The van der Waals surface area contributed by atoms with Gasteiger partial charge in [-0.1, -0.05) is 18.2 Å². The van der Waals surface area contributed by atoms with Gasteiger partial charge >= 0.3 is 0 Å². The van der Waals surface area contributed by atoms with Gasteiger partial charge in [-0.15, -0.1) is 0 Å². The van der Waals surface area contributed by atoms with Gasteiger partial charge in [-0.3, -0.25) is 4.79 Å². The van der Waals surface area contributed by atoms with Crippen molar-refractivity contribution in [1.29, 1.82) is 0 Å². The lowest BCUT2D eigenvalue weighted by atomic mass is 9.99. The lowest BCUT2D eigenvalue weighted by molar-refractivity contribution is -0.135. The van der Waals surface area contributed by atoms with Crippen LogP contribution < -0.4 is 10.6 Å². The molecule has 1 aromatic carbocycles. The minimum Gasteiger partial charge on any atom is -0.378 e. The Kier molecular flexibility index (Phi) is 7.95. The Morgan fingerprint density at radius 3 is 2.65 bits per heavy atom. The Hall–Kier alpha value is -2.72. The first kappa shape index (κ1) is 25.9. The molecule has 37 heavy (non-hydrogen) atoms. The smallest absolute Gasteiger partial charge is 0.266 e. The number of anilines is 1. The van der Waals surface area contributed by atoms with E-state index in [4.69, 9.17) is 14.7 Å². The van der Waals surface area contributed by atoms with Crippen LogP contribution in [0.4, 0.5) is 19.0 Å². The SMILES string of the molecule is C[C@@H](Nc1nc(CNC2CC2)nc2c1CC(CCC(=O)N1CCOCC1)C2)c1cccc(C(F)F)c1F. The van der Waals surface area contributed by atoms with E-state index in [-0.39, 0.29) is 17.4 Å². The van der Waals surface area contributed by atoms with Gasteiger partial charge < -0.3 is 20.3 Å². The van der Waals surface area contributed by atoms with Gasteiger partial charge in [0.15, 0.2) is 0 Å². The number of carbonyl (C=O) groups is 1. The van der Waals surface area contributed by atoms with Crippen molar-refractivity contribution in [2.75, 3.05) is 31.6 Å². The van der Waals surface area contributed by atoms with Crippen LogP contribution in [-0.2, 0) is 28.9 Å². The third kappa shape index (κ3) is 6.23. The number of hydrogen-bond acceptors (Lipinski definition) is 6. The standard InChI is InChI=1S/C27H34F3N5O2/c1-16(19-3-2-4-20(25(19)28)26(29)30)32-27-21-13-17(5-8-24(36)35-9-11-37-12-10-35)14-22(21)33-23(34-27)15-31-18-6-7-18/h2-4,16-18,26,31H,5-15H2,1H3,(H,32,33,34)/t16-,17?/m1/s1. The molecule has 2 heterocycles. The molecule has 1 saturated carbocycles. The van der Waals surface area contributed by atoms with Crippen LogP contribution in [-0.4, -0.2) is 53.1 Å². The topological polar surface area (TPSA) is 79.4 Å². The van der Waals surface area contributed by atoms with E-state index in [0.29, 0.717) is 57.0 Å². The molecule has 2 N–H and O–H groups in total. The van der Waals surface area contributed by atoms with E-state index >= 15 is 0 Å². The molecule has 1 aromatic heterocycles. The van der Waals surface area contributed by atoms with Crippen molar-refractivity contribution in [3.63, 3.8) is 0 Å². The summed E-state index contributed by atoms with van der Waals surface area (Å²) in [5.41, 5.74) is 1.49.